The van der Waals surface area contributed by atoms with Crippen molar-refractivity contribution in [2.24, 2.45) is 5.92 Å². The zero-order chi connectivity index (χ0) is 19.6. The summed E-state index contributed by atoms with van der Waals surface area (Å²) in [7, 11) is 1.03. The Morgan fingerprint density at radius 3 is 2.31 bits per heavy atom. The van der Waals surface area contributed by atoms with E-state index in [2.05, 4.69) is 82.5 Å². The number of nitrogens with zero attached hydrogens (tertiary/aromatic N) is 1. The van der Waals surface area contributed by atoms with Gasteiger partial charge in [0.2, 0.25) is 8.32 Å². The van der Waals surface area contributed by atoms with Crippen LogP contribution in [0.5, 0.6) is 5.75 Å². The van der Waals surface area contributed by atoms with Gasteiger partial charge in [0.15, 0.2) is 8.32 Å². The predicted molar refractivity (Wildman–Crippen MR) is 117 cm³/mol. The first-order valence-electron chi connectivity index (χ1n) is 10.1. The van der Waals surface area contributed by atoms with Crippen LogP contribution in [0.2, 0.25) is 39.3 Å². The van der Waals surface area contributed by atoms with Gasteiger partial charge in [-0.2, -0.15) is 0 Å². The van der Waals surface area contributed by atoms with Crippen molar-refractivity contribution in [3.8, 4) is 5.75 Å². The van der Waals surface area contributed by atoms with Crippen LogP contribution in [-0.2, 0) is 10.0 Å². The van der Waals surface area contributed by atoms with Crippen LogP contribution < -0.4 is 4.43 Å². The summed E-state index contributed by atoms with van der Waals surface area (Å²) in [5, 5.41) is 0. The molecule has 1 aromatic carbocycles. The Kier molecular flexibility index (Phi) is 6.81. The molecule has 0 radical (unpaired) electrons. The van der Waals surface area contributed by atoms with E-state index in [0.717, 1.165) is 18.7 Å². The van der Waals surface area contributed by atoms with Crippen LogP contribution in [0, 0.1) is 5.92 Å². The summed E-state index contributed by atoms with van der Waals surface area (Å²) in [6.45, 7) is 14.7. The molecule has 1 fully saturated rings. The molecule has 2 unspecified atom stereocenters. The van der Waals surface area contributed by atoms with E-state index in [1.54, 1.807) is 0 Å². The van der Waals surface area contributed by atoms with Gasteiger partial charge in [-0.25, -0.2) is 0 Å². The topological polar surface area (TPSA) is 21.7 Å². The van der Waals surface area contributed by atoms with E-state index in [9.17, 15) is 0 Å². The monoisotopic (exact) mass is 393 g/mol. The SMILES string of the molecule is CN(C)CC1CCCCC1(O[Si](C)(C)C)c1cccc(O[Si](C)(C)C)c1. The minimum absolute atomic E-state index is 0.175. The molecule has 2 rings (SSSR count). The second-order valence-corrected chi connectivity index (χ2v) is 18.9. The van der Waals surface area contributed by atoms with Crippen molar-refractivity contribution in [2.75, 3.05) is 20.6 Å². The Hall–Kier alpha value is -0.626. The summed E-state index contributed by atoms with van der Waals surface area (Å²) in [6, 6.07) is 8.80. The molecule has 5 heteroatoms. The van der Waals surface area contributed by atoms with Crippen LogP contribution in [0.1, 0.15) is 31.2 Å². The first-order chi connectivity index (χ1) is 11.9. The predicted octanol–water partition coefficient (Wildman–Crippen LogP) is 5.70. The molecule has 1 aromatic rings. The average molecular weight is 394 g/mol. The second kappa shape index (κ2) is 8.17. The van der Waals surface area contributed by atoms with Crippen molar-refractivity contribution in [3.63, 3.8) is 0 Å². The Balaban J connectivity index is 2.48. The quantitative estimate of drug-likeness (QED) is 0.555. The maximum absolute atomic E-state index is 7.02. The highest BCUT2D eigenvalue weighted by Crippen LogP contribution is 2.47. The highest BCUT2D eigenvalue weighted by Gasteiger charge is 2.46. The molecule has 148 valence electrons. The molecule has 0 N–H and O–H groups in total. The molecule has 1 saturated carbocycles. The molecule has 1 aliphatic carbocycles. The third-order valence-corrected chi connectivity index (χ3v) is 6.66. The van der Waals surface area contributed by atoms with Crippen molar-refractivity contribution in [1.29, 1.82) is 0 Å². The lowest BCUT2D eigenvalue weighted by atomic mass is 9.71. The van der Waals surface area contributed by atoms with Gasteiger partial charge in [0.05, 0.1) is 5.60 Å². The molecular weight excluding hydrogens is 354 g/mol. The summed E-state index contributed by atoms with van der Waals surface area (Å²) >= 11 is 0. The highest BCUT2D eigenvalue weighted by atomic mass is 28.4. The van der Waals surface area contributed by atoms with E-state index in [4.69, 9.17) is 8.85 Å². The van der Waals surface area contributed by atoms with Crippen LogP contribution in [0.15, 0.2) is 24.3 Å². The van der Waals surface area contributed by atoms with E-state index in [-0.39, 0.29) is 5.60 Å². The van der Waals surface area contributed by atoms with Gasteiger partial charge in [0.25, 0.3) is 0 Å². The highest BCUT2D eigenvalue weighted by molar-refractivity contribution is 6.70. The van der Waals surface area contributed by atoms with Crippen LogP contribution in [-0.4, -0.2) is 42.2 Å². The number of hydrogen-bond donors (Lipinski definition) is 0. The molecular formula is C21H39NO2Si2. The Labute approximate surface area is 163 Å². The maximum Gasteiger partial charge on any atom is 0.242 e. The summed E-state index contributed by atoms with van der Waals surface area (Å²) in [5.41, 5.74) is 1.15. The largest absolute Gasteiger partial charge is 0.544 e. The van der Waals surface area contributed by atoms with Gasteiger partial charge in [-0.3, -0.25) is 0 Å². The van der Waals surface area contributed by atoms with Crippen LogP contribution in [0.25, 0.3) is 0 Å². The molecule has 0 spiro atoms. The lowest BCUT2D eigenvalue weighted by Gasteiger charge is -2.49. The molecule has 3 nitrogen and oxygen atoms in total. The number of benzene rings is 1. The molecule has 0 aliphatic heterocycles. The first-order valence-corrected chi connectivity index (χ1v) is 16.9. The summed E-state index contributed by atoms with van der Waals surface area (Å²) in [5.74, 6) is 1.54. The van der Waals surface area contributed by atoms with Crippen LogP contribution >= 0.6 is 0 Å². The zero-order valence-electron chi connectivity index (χ0n) is 18.2. The number of rotatable bonds is 7. The van der Waals surface area contributed by atoms with Crippen molar-refractivity contribution in [1.82, 2.24) is 4.90 Å². The van der Waals surface area contributed by atoms with E-state index >= 15 is 0 Å². The third kappa shape index (κ3) is 5.94. The smallest absolute Gasteiger partial charge is 0.242 e. The summed E-state index contributed by atoms with van der Waals surface area (Å²) in [6.07, 6.45) is 4.90. The van der Waals surface area contributed by atoms with Crippen molar-refractivity contribution >= 4 is 16.6 Å². The molecule has 0 aromatic heterocycles. The minimum Gasteiger partial charge on any atom is -0.544 e. The molecule has 2 atom stereocenters. The van der Waals surface area contributed by atoms with Gasteiger partial charge >= 0.3 is 0 Å². The molecule has 0 saturated heterocycles. The number of hydrogen-bond acceptors (Lipinski definition) is 3. The van der Waals surface area contributed by atoms with E-state index in [1.807, 2.05) is 0 Å². The maximum atomic E-state index is 7.02. The fourth-order valence-corrected chi connectivity index (χ4v) is 6.50. The normalized spacial score (nSPS) is 24.7. The first kappa shape index (κ1) is 21.7. The van der Waals surface area contributed by atoms with Crippen molar-refractivity contribution < 1.29 is 8.85 Å². The molecule has 26 heavy (non-hydrogen) atoms. The molecule has 0 heterocycles. The van der Waals surface area contributed by atoms with E-state index < -0.39 is 16.6 Å². The average Bonchev–Trinajstić information content (AvgIpc) is 2.46. The Morgan fingerprint density at radius 1 is 1.04 bits per heavy atom. The van der Waals surface area contributed by atoms with Gasteiger partial charge in [-0.1, -0.05) is 25.0 Å². The van der Waals surface area contributed by atoms with Gasteiger partial charge < -0.3 is 13.8 Å². The Morgan fingerprint density at radius 2 is 1.73 bits per heavy atom. The van der Waals surface area contributed by atoms with Crippen LogP contribution in [0.4, 0.5) is 0 Å². The van der Waals surface area contributed by atoms with Gasteiger partial charge in [0, 0.05) is 12.5 Å². The van der Waals surface area contributed by atoms with E-state index in [0.29, 0.717) is 5.92 Å². The van der Waals surface area contributed by atoms with Gasteiger partial charge in [-0.15, -0.1) is 0 Å². The van der Waals surface area contributed by atoms with Crippen LogP contribution in [0.3, 0.4) is 0 Å². The van der Waals surface area contributed by atoms with Crippen molar-refractivity contribution in [3.05, 3.63) is 29.8 Å². The summed E-state index contributed by atoms with van der Waals surface area (Å²) in [4.78, 5) is 2.32. The van der Waals surface area contributed by atoms with Gasteiger partial charge in [-0.05, 0) is 83.9 Å². The molecule has 0 amide bonds. The standard InChI is InChI=1S/C21H39NO2Si2/c1-22(2)17-19-12-9-10-15-21(19,24-26(6,7)8)18-13-11-14-20(16-18)23-25(3,4)5/h11,13-14,16,19H,9-10,12,15,17H2,1-8H3. The fraction of sp³-hybridized carbons (Fsp3) is 0.714. The Bertz CT molecular complexity index is 592. The lowest BCUT2D eigenvalue weighted by molar-refractivity contribution is -0.0453. The molecule has 0 bridgehead atoms. The van der Waals surface area contributed by atoms with E-state index in [1.165, 1.54) is 24.8 Å². The van der Waals surface area contributed by atoms with Crippen molar-refractivity contribution in [2.45, 2.75) is 70.6 Å². The summed E-state index contributed by atoms with van der Waals surface area (Å²) < 4.78 is 13.3. The zero-order valence-corrected chi connectivity index (χ0v) is 20.2. The second-order valence-electron chi connectivity index (χ2n) is 10.1. The third-order valence-electron chi connectivity index (χ3n) is 4.83. The minimum atomic E-state index is -1.71. The fourth-order valence-electron chi connectivity index (χ4n) is 4.19. The molecule has 1 aliphatic rings. The lowest BCUT2D eigenvalue weighted by Crippen LogP contribution is -2.50. The van der Waals surface area contributed by atoms with Gasteiger partial charge in [0.1, 0.15) is 5.75 Å².